The van der Waals surface area contributed by atoms with Gasteiger partial charge in [0.25, 0.3) is 0 Å². The summed E-state index contributed by atoms with van der Waals surface area (Å²) in [6.45, 7) is 0.843. The van der Waals surface area contributed by atoms with Crippen LogP contribution < -0.4 is 0 Å². The van der Waals surface area contributed by atoms with Gasteiger partial charge in [0.05, 0.1) is 31.3 Å². The number of nitrogens with zero attached hydrogens (tertiary/aromatic N) is 4. The molecule has 1 aliphatic heterocycles. The quantitative estimate of drug-likeness (QED) is 0.826. The lowest BCUT2D eigenvalue weighted by Crippen LogP contribution is -2.13. The minimum absolute atomic E-state index is 0.0357. The number of hydrogen-bond acceptors (Lipinski definition) is 5. The lowest BCUT2D eigenvalue weighted by molar-refractivity contribution is 0.0677. The Balaban J connectivity index is 2.18. The van der Waals surface area contributed by atoms with E-state index in [1.165, 1.54) is 6.33 Å². The molecule has 3 heterocycles. The number of ether oxygens (including phenoxy) is 1. The summed E-state index contributed by atoms with van der Waals surface area (Å²) >= 11 is 0. The first-order valence-electron chi connectivity index (χ1n) is 5.44. The fraction of sp³-hybridized carbons (Fsp3) is 0.273. The van der Waals surface area contributed by atoms with Crippen LogP contribution >= 0.6 is 0 Å². The standard InChI is InChI=1S/C11H10N4O3/c16-11(17)10-8-5-18-2-1-9(8)15(14-10)7-3-12-6-13-4-7/h3-4,6H,1-2,5H2,(H,16,17). The van der Waals surface area contributed by atoms with Gasteiger partial charge in [0.2, 0.25) is 0 Å². The molecule has 0 aromatic carbocycles. The molecule has 7 heteroatoms. The van der Waals surface area contributed by atoms with Gasteiger partial charge in [0, 0.05) is 12.0 Å². The fourth-order valence-electron chi connectivity index (χ4n) is 2.02. The van der Waals surface area contributed by atoms with E-state index in [9.17, 15) is 4.79 Å². The highest BCUT2D eigenvalue weighted by Crippen LogP contribution is 2.23. The van der Waals surface area contributed by atoms with Gasteiger partial charge in [-0.2, -0.15) is 5.10 Å². The molecule has 3 rings (SSSR count). The third kappa shape index (κ3) is 1.65. The van der Waals surface area contributed by atoms with Gasteiger partial charge in [0.15, 0.2) is 5.69 Å². The van der Waals surface area contributed by atoms with Crippen molar-refractivity contribution in [1.82, 2.24) is 19.7 Å². The Hall–Kier alpha value is -2.28. The molecule has 0 bridgehead atoms. The zero-order chi connectivity index (χ0) is 12.5. The SMILES string of the molecule is O=C(O)c1nn(-c2cncnc2)c2c1COCC2. The smallest absolute Gasteiger partial charge is 0.356 e. The molecular weight excluding hydrogens is 236 g/mol. The Morgan fingerprint density at radius 1 is 1.39 bits per heavy atom. The van der Waals surface area contributed by atoms with Crippen molar-refractivity contribution in [3.8, 4) is 5.69 Å². The van der Waals surface area contributed by atoms with Crippen LogP contribution in [0.4, 0.5) is 0 Å². The van der Waals surface area contributed by atoms with E-state index in [0.717, 1.165) is 5.69 Å². The molecule has 7 nitrogen and oxygen atoms in total. The van der Waals surface area contributed by atoms with Crippen LogP contribution in [0.3, 0.4) is 0 Å². The molecule has 1 N–H and O–H groups in total. The zero-order valence-corrected chi connectivity index (χ0v) is 9.41. The Bertz CT molecular complexity index is 594. The van der Waals surface area contributed by atoms with Crippen LogP contribution in [0, 0.1) is 0 Å². The first-order chi connectivity index (χ1) is 8.77. The molecule has 18 heavy (non-hydrogen) atoms. The van der Waals surface area contributed by atoms with Crippen LogP contribution in [0.25, 0.3) is 5.69 Å². The second kappa shape index (κ2) is 4.19. The zero-order valence-electron chi connectivity index (χ0n) is 9.41. The third-order valence-corrected chi connectivity index (χ3v) is 2.81. The Labute approximate surface area is 102 Å². The second-order valence-electron chi connectivity index (χ2n) is 3.89. The Morgan fingerprint density at radius 3 is 2.89 bits per heavy atom. The largest absolute Gasteiger partial charge is 0.476 e. The van der Waals surface area contributed by atoms with Crippen LogP contribution in [-0.2, 0) is 17.8 Å². The van der Waals surface area contributed by atoms with Gasteiger partial charge in [-0.1, -0.05) is 0 Å². The molecule has 92 valence electrons. The number of rotatable bonds is 2. The van der Waals surface area contributed by atoms with Crippen molar-refractivity contribution >= 4 is 5.97 Å². The highest BCUT2D eigenvalue weighted by Gasteiger charge is 2.25. The normalized spacial score (nSPS) is 14.2. The third-order valence-electron chi connectivity index (χ3n) is 2.81. The van der Waals surface area contributed by atoms with Crippen molar-refractivity contribution in [2.75, 3.05) is 6.61 Å². The number of carbonyl (C=O) groups is 1. The summed E-state index contributed by atoms with van der Waals surface area (Å²) in [5.41, 5.74) is 2.18. The molecule has 0 amide bonds. The minimum atomic E-state index is -1.05. The minimum Gasteiger partial charge on any atom is -0.476 e. The van der Waals surface area contributed by atoms with E-state index >= 15 is 0 Å². The summed E-state index contributed by atoms with van der Waals surface area (Å²) in [6, 6.07) is 0. The van der Waals surface area contributed by atoms with Crippen molar-refractivity contribution in [3.05, 3.63) is 35.7 Å². The molecule has 2 aromatic rings. The Kier molecular flexibility index (Phi) is 2.52. The lowest BCUT2D eigenvalue weighted by Gasteiger charge is -2.14. The van der Waals surface area contributed by atoms with E-state index in [1.54, 1.807) is 17.1 Å². The molecule has 0 aliphatic carbocycles. The Morgan fingerprint density at radius 2 is 2.17 bits per heavy atom. The molecule has 2 aromatic heterocycles. The molecule has 0 saturated carbocycles. The van der Waals surface area contributed by atoms with Gasteiger partial charge in [-0.3, -0.25) is 0 Å². The predicted molar refractivity (Wildman–Crippen MR) is 59.5 cm³/mol. The van der Waals surface area contributed by atoms with Crippen molar-refractivity contribution in [2.24, 2.45) is 0 Å². The van der Waals surface area contributed by atoms with E-state index in [-0.39, 0.29) is 12.3 Å². The average Bonchev–Trinajstić information content (AvgIpc) is 2.79. The monoisotopic (exact) mass is 246 g/mol. The maximum Gasteiger partial charge on any atom is 0.356 e. The van der Waals surface area contributed by atoms with Crippen LogP contribution in [0.1, 0.15) is 21.7 Å². The average molecular weight is 246 g/mol. The first-order valence-corrected chi connectivity index (χ1v) is 5.44. The van der Waals surface area contributed by atoms with Crippen LogP contribution in [-0.4, -0.2) is 37.4 Å². The number of carboxylic acid groups (broad SMARTS) is 1. The molecular formula is C11H10N4O3. The van der Waals surface area contributed by atoms with E-state index in [4.69, 9.17) is 9.84 Å². The highest BCUT2D eigenvalue weighted by atomic mass is 16.5. The highest BCUT2D eigenvalue weighted by molar-refractivity contribution is 5.87. The maximum atomic E-state index is 11.2. The summed E-state index contributed by atoms with van der Waals surface area (Å²) in [4.78, 5) is 19.0. The van der Waals surface area contributed by atoms with Gasteiger partial charge in [-0.15, -0.1) is 0 Å². The summed E-state index contributed by atoms with van der Waals surface area (Å²) in [6.07, 6.45) is 5.24. The van der Waals surface area contributed by atoms with Crippen molar-refractivity contribution < 1.29 is 14.6 Å². The molecule has 0 radical (unpaired) electrons. The van der Waals surface area contributed by atoms with Crippen molar-refractivity contribution in [2.45, 2.75) is 13.0 Å². The van der Waals surface area contributed by atoms with E-state index < -0.39 is 5.97 Å². The molecule has 1 aliphatic rings. The summed E-state index contributed by atoms with van der Waals surface area (Å²) < 4.78 is 6.87. The van der Waals surface area contributed by atoms with Crippen LogP contribution in [0.5, 0.6) is 0 Å². The van der Waals surface area contributed by atoms with Crippen molar-refractivity contribution in [3.63, 3.8) is 0 Å². The van der Waals surface area contributed by atoms with E-state index in [1.807, 2.05) is 0 Å². The van der Waals surface area contributed by atoms with E-state index in [0.29, 0.717) is 24.3 Å². The number of hydrogen-bond donors (Lipinski definition) is 1. The lowest BCUT2D eigenvalue weighted by atomic mass is 10.1. The maximum absolute atomic E-state index is 11.2. The number of carboxylic acids is 1. The van der Waals surface area contributed by atoms with E-state index in [2.05, 4.69) is 15.1 Å². The molecule has 0 fully saturated rings. The van der Waals surface area contributed by atoms with Gasteiger partial charge < -0.3 is 9.84 Å². The number of fused-ring (bicyclic) bond motifs is 1. The first kappa shape index (κ1) is 10.8. The number of aromatic carboxylic acids is 1. The summed E-state index contributed by atoms with van der Waals surface area (Å²) in [5.74, 6) is -1.05. The predicted octanol–water partition coefficient (Wildman–Crippen LogP) is 0.433. The van der Waals surface area contributed by atoms with Crippen LogP contribution in [0.15, 0.2) is 18.7 Å². The van der Waals surface area contributed by atoms with Gasteiger partial charge in [-0.25, -0.2) is 19.4 Å². The molecule has 0 saturated heterocycles. The molecule has 0 spiro atoms. The van der Waals surface area contributed by atoms with Crippen molar-refractivity contribution in [1.29, 1.82) is 0 Å². The topological polar surface area (TPSA) is 90.1 Å². The van der Waals surface area contributed by atoms with Gasteiger partial charge in [-0.05, 0) is 0 Å². The van der Waals surface area contributed by atoms with Gasteiger partial charge in [0.1, 0.15) is 12.0 Å². The van der Waals surface area contributed by atoms with Crippen LogP contribution in [0.2, 0.25) is 0 Å². The molecule has 0 atom stereocenters. The summed E-state index contributed by atoms with van der Waals surface area (Å²) in [7, 11) is 0. The second-order valence-corrected chi connectivity index (χ2v) is 3.89. The summed E-state index contributed by atoms with van der Waals surface area (Å²) in [5, 5.41) is 13.3. The van der Waals surface area contributed by atoms with Gasteiger partial charge >= 0.3 is 5.97 Å². The molecule has 0 unspecified atom stereocenters. The fourth-order valence-corrected chi connectivity index (χ4v) is 2.02. The number of aromatic nitrogens is 4.